The van der Waals surface area contributed by atoms with Gasteiger partial charge in [-0.05, 0) is 43.3 Å². The van der Waals surface area contributed by atoms with Crippen molar-refractivity contribution < 1.29 is 9.53 Å². The van der Waals surface area contributed by atoms with Crippen molar-refractivity contribution in [2.45, 2.75) is 26.7 Å². The summed E-state index contributed by atoms with van der Waals surface area (Å²) < 4.78 is 5.49. The molecule has 1 amide bonds. The Morgan fingerprint density at radius 2 is 2.11 bits per heavy atom. The maximum atomic E-state index is 12.0. The van der Waals surface area contributed by atoms with E-state index in [1.807, 2.05) is 19.9 Å². The van der Waals surface area contributed by atoms with Crippen molar-refractivity contribution in [2.75, 3.05) is 13.2 Å². The highest BCUT2D eigenvalue weighted by molar-refractivity contribution is 7.80. The number of carbonyl (C=O) groups excluding carboxylic acids is 1. The van der Waals surface area contributed by atoms with E-state index in [2.05, 4.69) is 10.6 Å². The number of hydrogen-bond donors (Lipinski definition) is 2. The summed E-state index contributed by atoms with van der Waals surface area (Å²) in [5, 5.41) is 5.94. The van der Waals surface area contributed by atoms with Crippen LogP contribution in [0.15, 0.2) is 24.3 Å². The van der Waals surface area contributed by atoms with Gasteiger partial charge in [0.15, 0.2) is 5.11 Å². The van der Waals surface area contributed by atoms with Gasteiger partial charge in [-0.15, -0.1) is 0 Å². The summed E-state index contributed by atoms with van der Waals surface area (Å²) in [5.41, 5.74) is 0.536. The summed E-state index contributed by atoms with van der Waals surface area (Å²) in [6.07, 6.45) is 1.89. The normalized spacial score (nSPS) is 9.79. The number of carbonyl (C=O) groups is 1. The van der Waals surface area contributed by atoms with Crippen LogP contribution in [-0.2, 0) is 0 Å². The molecular weight excluding hydrogens is 260 g/mol. The third-order valence-corrected chi connectivity index (χ3v) is 2.58. The predicted molar refractivity (Wildman–Crippen MR) is 80.6 cm³/mol. The Morgan fingerprint density at radius 1 is 1.32 bits per heavy atom. The first-order valence-electron chi connectivity index (χ1n) is 6.49. The smallest absolute Gasteiger partial charge is 0.257 e. The van der Waals surface area contributed by atoms with Crippen LogP contribution in [-0.4, -0.2) is 24.2 Å². The molecule has 0 saturated heterocycles. The fourth-order valence-electron chi connectivity index (χ4n) is 1.41. The minimum absolute atomic E-state index is 0.226. The molecule has 0 unspecified atom stereocenters. The van der Waals surface area contributed by atoms with Gasteiger partial charge in [-0.3, -0.25) is 10.1 Å². The van der Waals surface area contributed by atoms with Gasteiger partial charge in [0.2, 0.25) is 0 Å². The van der Waals surface area contributed by atoms with E-state index in [4.69, 9.17) is 17.0 Å². The minimum atomic E-state index is -0.226. The molecule has 4 nitrogen and oxygen atoms in total. The molecule has 0 aliphatic carbocycles. The Morgan fingerprint density at radius 3 is 2.79 bits per heavy atom. The second-order valence-corrected chi connectivity index (χ2v) is 4.49. The quantitative estimate of drug-likeness (QED) is 0.786. The van der Waals surface area contributed by atoms with E-state index in [9.17, 15) is 4.79 Å². The van der Waals surface area contributed by atoms with E-state index in [-0.39, 0.29) is 5.91 Å². The van der Waals surface area contributed by atoms with Crippen LogP contribution in [0.2, 0.25) is 0 Å². The molecule has 0 aliphatic rings. The Hall–Kier alpha value is -1.62. The molecule has 1 rings (SSSR count). The van der Waals surface area contributed by atoms with Crippen LogP contribution in [0.25, 0.3) is 0 Å². The van der Waals surface area contributed by atoms with Crippen LogP contribution < -0.4 is 15.4 Å². The van der Waals surface area contributed by atoms with Crippen LogP contribution >= 0.6 is 12.2 Å². The van der Waals surface area contributed by atoms with Gasteiger partial charge >= 0.3 is 0 Å². The topological polar surface area (TPSA) is 50.4 Å². The van der Waals surface area contributed by atoms with Crippen LogP contribution in [0.5, 0.6) is 5.75 Å². The number of rotatable bonds is 6. The first-order valence-corrected chi connectivity index (χ1v) is 6.90. The summed E-state index contributed by atoms with van der Waals surface area (Å²) in [6.45, 7) is 5.46. The van der Waals surface area contributed by atoms with Gasteiger partial charge in [0.25, 0.3) is 5.91 Å². The van der Waals surface area contributed by atoms with Gasteiger partial charge in [0.05, 0.1) is 6.61 Å². The molecule has 1 aromatic carbocycles. The number of ether oxygens (including phenoxy) is 1. The standard InChI is InChI=1S/C14H20N2O2S/c1-3-8-15-14(19)16-13(17)11-6-5-7-12(10-11)18-9-4-2/h5-7,10H,3-4,8-9H2,1-2H3,(H2,15,16,17,19). The third kappa shape index (κ3) is 5.70. The SMILES string of the molecule is CCCNC(=S)NC(=O)c1cccc(OCCC)c1. The predicted octanol–water partition coefficient (Wildman–Crippen LogP) is 2.49. The number of hydrogen-bond acceptors (Lipinski definition) is 3. The van der Waals surface area contributed by atoms with Crippen molar-refractivity contribution in [1.82, 2.24) is 10.6 Å². The van der Waals surface area contributed by atoms with Crippen molar-refractivity contribution in [3.63, 3.8) is 0 Å². The highest BCUT2D eigenvalue weighted by Crippen LogP contribution is 2.13. The maximum absolute atomic E-state index is 12.0. The van der Waals surface area contributed by atoms with Gasteiger partial charge in [-0.1, -0.05) is 19.9 Å². The maximum Gasteiger partial charge on any atom is 0.257 e. The highest BCUT2D eigenvalue weighted by Gasteiger charge is 2.08. The minimum Gasteiger partial charge on any atom is -0.494 e. The first-order chi connectivity index (χ1) is 9.17. The molecule has 104 valence electrons. The van der Waals surface area contributed by atoms with Crippen LogP contribution in [0.3, 0.4) is 0 Å². The monoisotopic (exact) mass is 280 g/mol. The average Bonchev–Trinajstić information content (AvgIpc) is 2.43. The Labute approximate surface area is 119 Å². The fourth-order valence-corrected chi connectivity index (χ4v) is 1.60. The molecule has 0 bridgehead atoms. The average molecular weight is 280 g/mol. The first kappa shape index (κ1) is 15.4. The van der Waals surface area contributed by atoms with Gasteiger partial charge < -0.3 is 10.1 Å². The number of thiocarbonyl (C=S) groups is 1. The summed E-state index contributed by atoms with van der Waals surface area (Å²) in [5.74, 6) is 0.470. The zero-order chi connectivity index (χ0) is 14.1. The Kier molecular flexibility index (Phi) is 6.89. The summed E-state index contributed by atoms with van der Waals surface area (Å²) in [7, 11) is 0. The molecule has 0 fully saturated rings. The lowest BCUT2D eigenvalue weighted by atomic mass is 10.2. The summed E-state index contributed by atoms with van der Waals surface area (Å²) in [4.78, 5) is 12.0. The van der Waals surface area contributed by atoms with E-state index < -0.39 is 0 Å². The van der Waals surface area contributed by atoms with Crippen LogP contribution in [0.4, 0.5) is 0 Å². The molecule has 1 aromatic rings. The van der Waals surface area contributed by atoms with Crippen molar-refractivity contribution in [3.8, 4) is 5.75 Å². The van der Waals surface area contributed by atoms with Crippen LogP contribution in [0, 0.1) is 0 Å². The lowest BCUT2D eigenvalue weighted by Crippen LogP contribution is -2.39. The van der Waals surface area contributed by atoms with Gasteiger partial charge in [-0.2, -0.15) is 0 Å². The molecule has 2 N–H and O–H groups in total. The molecule has 0 spiro atoms. The fraction of sp³-hybridized carbons (Fsp3) is 0.429. The van der Waals surface area contributed by atoms with E-state index in [1.165, 1.54) is 0 Å². The second kappa shape index (κ2) is 8.48. The Balaban J connectivity index is 2.58. The molecule has 0 aliphatic heterocycles. The van der Waals surface area contributed by atoms with Crippen molar-refractivity contribution in [3.05, 3.63) is 29.8 Å². The zero-order valence-corrected chi connectivity index (χ0v) is 12.2. The molecule has 0 aromatic heterocycles. The van der Waals surface area contributed by atoms with E-state index in [0.29, 0.717) is 23.0 Å². The molecule has 0 radical (unpaired) electrons. The summed E-state index contributed by atoms with van der Waals surface area (Å²) in [6, 6.07) is 7.08. The van der Waals surface area contributed by atoms with Crippen molar-refractivity contribution in [2.24, 2.45) is 0 Å². The van der Waals surface area contributed by atoms with E-state index >= 15 is 0 Å². The second-order valence-electron chi connectivity index (χ2n) is 4.09. The van der Waals surface area contributed by atoms with Gasteiger partial charge in [-0.25, -0.2) is 0 Å². The van der Waals surface area contributed by atoms with E-state index in [1.54, 1.807) is 18.2 Å². The molecule has 19 heavy (non-hydrogen) atoms. The zero-order valence-electron chi connectivity index (χ0n) is 11.4. The van der Waals surface area contributed by atoms with Crippen molar-refractivity contribution >= 4 is 23.2 Å². The number of nitrogens with one attached hydrogen (secondary N) is 2. The van der Waals surface area contributed by atoms with Crippen molar-refractivity contribution in [1.29, 1.82) is 0 Å². The third-order valence-electron chi connectivity index (χ3n) is 2.33. The molecule has 5 heteroatoms. The van der Waals surface area contributed by atoms with Gasteiger partial charge in [0, 0.05) is 12.1 Å². The lowest BCUT2D eigenvalue weighted by Gasteiger charge is -2.09. The van der Waals surface area contributed by atoms with Gasteiger partial charge in [0.1, 0.15) is 5.75 Å². The largest absolute Gasteiger partial charge is 0.494 e. The summed E-state index contributed by atoms with van der Waals surface area (Å²) >= 11 is 5.02. The van der Waals surface area contributed by atoms with Crippen LogP contribution in [0.1, 0.15) is 37.0 Å². The molecule has 0 atom stereocenters. The molecule has 0 heterocycles. The Bertz CT molecular complexity index is 435. The molecule has 0 saturated carbocycles. The highest BCUT2D eigenvalue weighted by atomic mass is 32.1. The van der Waals surface area contributed by atoms with E-state index in [0.717, 1.165) is 19.4 Å². The lowest BCUT2D eigenvalue weighted by molar-refractivity contribution is 0.0976. The number of benzene rings is 1. The number of amides is 1. The molecular formula is C14H20N2O2S.